The van der Waals surface area contributed by atoms with Crippen LogP contribution in [0.5, 0.6) is 5.75 Å². The van der Waals surface area contributed by atoms with Crippen molar-refractivity contribution >= 4 is 17.9 Å². The molecule has 0 fully saturated rings. The van der Waals surface area contributed by atoms with Gasteiger partial charge in [0, 0.05) is 36.0 Å². The minimum absolute atomic E-state index is 0.245. The molecule has 0 aliphatic heterocycles. The van der Waals surface area contributed by atoms with Gasteiger partial charge < -0.3 is 30.8 Å². The molecule has 0 aromatic carbocycles. The number of ether oxygens (including phenoxy) is 2. The van der Waals surface area contributed by atoms with E-state index in [0.29, 0.717) is 29.5 Å². The number of methoxy groups -OCH3 is 1. The van der Waals surface area contributed by atoms with Crippen molar-refractivity contribution in [1.82, 2.24) is 30.2 Å². The number of nitrogens with one attached hydrogen (secondary N) is 3. The summed E-state index contributed by atoms with van der Waals surface area (Å²) in [4.78, 5) is 31.7. The van der Waals surface area contributed by atoms with Crippen LogP contribution in [0, 0.1) is 0 Å². The first-order valence-electron chi connectivity index (χ1n) is 10.8. The predicted octanol–water partition coefficient (Wildman–Crippen LogP) is 3.86. The van der Waals surface area contributed by atoms with E-state index in [1.165, 1.54) is 19.5 Å². The van der Waals surface area contributed by atoms with Crippen LogP contribution in [-0.4, -0.2) is 57.1 Å². The topological polar surface area (TPSA) is 153 Å². The summed E-state index contributed by atoms with van der Waals surface area (Å²) in [5.41, 5.74) is 6.59. The molecule has 5 N–H and O–H groups in total. The molecule has 11 nitrogen and oxygen atoms in total. The number of nitrogen functional groups attached to an aromatic ring is 1. The zero-order valence-electron chi connectivity index (χ0n) is 20.3. The number of aromatic nitrogens is 5. The third-order valence-corrected chi connectivity index (χ3v) is 4.82. The van der Waals surface area contributed by atoms with Gasteiger partial charge in [0.05, 0.1) is 24.2 Å². The first-order chi connectivity index (χ1) is 16.8. The monoisotopic (exact) mass is 508 g/mol. The van der Waals surface area contributed by atoms with Gasteiger partial charge in [-0.1, -0.05) is 20.8 Å². The van der Waals surface area contributed by atoms with Gasteiger partial charge in [-0.25, -0.2) is 24.7 Å². The lowest BCUT2D eigenvalue weighted by atomic mass is 9.96. The molecule has 1 atom stereocenters. The number of aromatic amines is 1. The first kappa shape index (κ1) is 26.5. The number of hydrogen-bond acceptors (Lipinski definition) is 9. The number of anilines is 2. The molecule has 0 saturated heterocycles. The molecule has 0 aliphatic carbocycles. The number of imidazole rings is 1. The third kappa shape index (κ3) is 6.73. The largest absolute Gasteiger partial charge is 0.573 e. The van der Waals surface area contributed by atoms with Crippen molar-refractivity contribution in [2.45, 2.75) is 45.5 Å². The number of nitrogens with two attached hydrogens (primary N) is 1. The Morgan fingerprint density at radius 1 is 1.22 bits per heavy atom. The van der Waals surface area contributed by atoms with E-state index in [-0.39, 0.29) is 17.6 Å². The lowest BCUT2D eigenvalue weighted by Gasteiger charge is -2.14. The molecule has 1 amide bonds. The molecular formula is C22H27F3N8O3. The summed E-state index contributed by atoms with van der Waals surface area (Å²) in [7, 11) is 1.27. The van der Waals surface area contributed by atoms with Crippen LogP contribution in [0.3, 0.4) is 0 Å². The van der Waals surface area contributed by atoms with E-state index in [2.05, 4.69) is 45.0 Å². The molecule has 0 saturated carbocycles. The molecule has 3 aromatic heterocycles. The molecule has 36 heavy (non-hydrogen) atoms. The first-order valence-corrected chi connectivity index (χ1v) is 10.8. The maximum absolute atomic E-state index is 12.8. The fourth-order valence-corrected chi connectivity index (χ4v) is 3.05. The van der Waals surface area contributed by atoms with Crippen molar-refractivity contribution < 1.29 is 27.4 Å². The van der Waals surface area contributed by atoms with Crippen molar-refractivity contribution in [1.29, 1.82) is 0 Å². The number of alkyl carbamates (subject to hydrolysis) is 1. The van der Waals surface area contributed by atoms with Crippen LogP contribution in [-0.2, 0) is 10.2 Å². The Kier molecular flexibility index (Phi) is 7.55. The number of halogens is 3. The van der Waals surface area contributed by atoms with Gasteiger partial charge in [0.15, 0.2) is 11.6 Å². The summed E-state index contributed by atoms with van der Waals surface area (Å²) < 4.78 is 47.1. The van der Waals surface area contributed by atoms with Gasteiger partial charge >= 0.3 is 12.5 Å². The highest BCUT2D eigenvalue weighted by molar-refractivity contribution is 5.78. The quantitative estimate of drug-likeness (QED) is 0.372. The molecule has 14 heteroatoms. The second-order valence-corrected chi connectivity index (χ2v) is 8.90. The van der Waals surface area contributed by atoms with Crippen molar-refractivity contribution in [2.75, 3.05) is 24.7 Å². The van der Waals surface area contributed by atoms with Gasteiger partial charge in [-0.2, -0.15) is 0 Å². The Bertz CT molecular complexity index is 1220. The van der Waals surface area contributed by atoms with Gasteiger partial charge in [0.2, 0.25) is 5.95 Å². The summed E-state index contributed by atoms with van der Waals surface area (Å²) in [5, 5.41) is 5.64. The lowest BCUT2D eigenvalue weighted by molar-refractivity contribution is -0.274. The van der Waals surface area contributed by atoms with E-state index in [1.807, 2.05) is 20.8 Å². The highest BCUT2D eigenvalue weighted by Crippen LogP contribution is 2.36. The highest BCUT2D eigenvalue weighted by Gasteiger charge is 2.33. The Morgan fingerprint density at radius 3 is 2.58 bits per heavy atom. The van der Waals surface area contributed by atoms with Crippen molar-refractivity contribution in [3.05, 3.63) is 30.4 Å². The van der Waals surface area contributed by atoms with Crippen LogP contribution in [0.4, 0.5) is 29.7 Å². The average Bonchev–Trinajstić information content (AvgIpc) is 3.24. The van der Waals surface area contributed by atoms with E-state index < -0.39 is 29.4 Å². The predicted molar refractivity (Wildman–Crippen MR) is 126 cm³/mol. The minimum Gasteiger partial charge on any atom is -0.453 e. The number of hydrogen-bond donors (Lipinski definition) is 4. The molecule has 194 valence electrons. The van der Waals surface area contributed by atoms with Crippen LogP contribution in [0.1, 0.15) is 33.5 Å². The number of pyridine rings is 1. The van der Waals surface area contributed by atoms with E-state index in [9.17, 15) is 18.0 Å². The fraction of sp³-hybridized carbons (Fsp3) is 0.409. The zero-order valence-corrected chi connectivity index (χ0v) is 20.3. The Hall–Kier alpha value is -4.10. The van der Waals surface area contributed by atoms with E-state index in [0.717, 1.165) is 6.07 Å². The van der Waals surface area contributed by atoms with Gasteiger partial charge in [0.25, 0.3) is 0 Å². The lowest BCUT2D eigenvalue weighted by Crippen LogP contribution is -2.37. The summed E-state index contributed by atoms with van der Waals surface area (Å²) in [5.74, 6) is -0.206. The molecule has 0 bridgehead atoms. The Labute approximate surface area is 205 Å². The molecule has 3 aromatic rings. The SMILES string of the molecule is COC(=O)NC(C)CNc1nccc(-c2[nH]c(C(C)(C)C)nc2-c2cnc(N)c(OC(F)(F)F)c2)n1. The maximum Gasteiger partial charge on any atom is 0.573 e. The van der Waals surface area contributed by atoms with Crippen molar-refractivity contribution in [2.24, 2.45) is 0 Å². The van der Waals surface area contributed by atoms with E-state index in [1.54, 1.807) is 13.0 Å². The summed E-state index contributed by atoms with van der Waals surface area (Å²) >= 11 is 0. The highest BCUT2D eigenvalue weighted by atomic mass is 19.4. The minimum atomic E-state index is -4.94. The number of carbonyl (C=O) groups is 1. The number of nitrogens with zero attached hydrogens (tertiary/aromatic N) is 4. The molecule has 0 aliphatic rings. The average molecular weight is 509 g/mol. The molecule has 1 unspecified atom stereocenters. The summed E-state index contributed by atoms with van der Waals surface area (Å²) in [6, 6.07) is 2.47. The third-order valence-electron chi connectivity index (χ3n) is 4.82. The Balaban J connectivity index is 1.99. The molecule has 3 rings (SSSR count). The second kappa shape index (κ2) is 10.3. The molecule has 0 spiro atoms. The van der Waals surface area contributed by atoms with Gasteiger partial charge in [-0.05, 0) is 19.1 Å². The number of amides is 1. The standard InChI is InChI=1S/C22H27F3N8O3/c1-11(30-20(34)35-5)9-29-19-27-7-6-13(31-19)16-15(32-18(33-16)21(2,3)4)12-8-14(17(26)28-10-12)36-22(23,24)25/h6-8,10-11H,9H2,1-5H3,(H2,26,28)(H,30,34)(H,32,33)(H,27,29,31). The van der Waals surface area contributed by atoms with Crippen LogP contribution in [0.15, 0.2) is 24.5 Å². The van der Waals surface area contributed by atoms with Crippen LogP contribution in [0.2, 0.25) is 0 Å². The zero-order chi connectivity index (χ0) is 26.7. The summed E-state index contributed by atoms with van der Waals surface area (Å²) in [6.45, 7) is 7.87. The van der Waals surface area contributed by atoms with Gasteiger partial charge in [-0.15, -0.1) is 13.2 Å². The van der Waals surface area contributed by atoms with Gasteiger partial charge in [-0.3, -0.25) is 0 Å². The van der Waals surface area contributed by atoms with E-state index in [4.69, 9.17) is 5.73 Å². The van der Waals surface area contributed by atoms with Crippen LogP contribution >= 0.6 is 0 Å². The van der Waals surface area contributed by atoms with Crippen molar-refractivity contribution in [3.8, 4) is 28.4 Å². The number of alkyl halides is 3. The molecule has 0 radical (unpaired) electrons. The maximum atomic E-state index is 12.8. The van der Waals surface area contributed by atoms with Crippen molar-refractivity contribution in [3.63, 3.8) is 0 Å². The van der Waals surface area contributed by atoms with Crippen LogP contribution in [0.25, 0.3) is 22.6 Å². The number of H-pyrrole nitrogens is 1. The van der Waals surface area contributed by atoms with Crippen LogP contribution < -0.4 is 21.1 Å². The summed E-state index contributed by atoms with van der Waals surface area (Å²) in [6.07, 6.45) is -2.68. The molecule has 3 heterocycles. The van der Waals surface area contributed by atoms with E-state index >= 15 is 0 Å². The normalized spacial score (nSPS) is 12.7. The number of carbonyl (C=O) groups excluding carboxylic acids is 1. The second-order valence-electron chi connectivity index (χ2n) is 8.90. The smallest absolute Gasteiger partial charge is 0.453 e. The Morgan fingerprint density at radius 2 is 1.94 bits per heavy atom. The number of rotatable bonds is 7. The van der Waals surface area contributed by atoms with Gasteiger partial charge in [0.1, 0.15) is 5.82 Å². The molecular weight excluding hydrogens is 481 g/mol. The fourth-order valence-electron chi connectivity index (χ4n) is 3.05.